The first-order valence-electron chi connectivity index (χ1n) is 7.47. The second kappa shape index (κ2) is 7.89. The van der Waals surface area contributed by atoms with E-state index in [2.05, 4.69) is 9.97 Å². The van der Waals surface area contributed by atoms with Gasteiger partial charge in [-0.3, -0.25) is 4.90 Å². The number of H-pyrrole nitrogens is 1. The summed E-state index contributed by atoms with van der Waals surface area (Å²) in [6.45, 7) is 0.626. The van der Waals surface area contributed by atoms with Crippen molar-refractivity contribution in [2.75, 3.05) is 13.7 Å². The highest BCUT2D eigenvalue weighted by Crippen LogP contribution is 2.33. The zero-order valence-corrected chi connectivity index (χ0v) is 13.7. The van der Waals surface area contributed by atoms with E-state index >= 15 is 0 Å². The summed E-state index contributed by atoms with van der Waals surface area (Å²) >= 11 is 0. The van der Waals surface area contributed by atoms with E-state index in [1.54, 1.807) is 11.2 Å². The number of carboxylic acids is 1. The first kappa shape index (κ1) is 19.3. The van der Waals surface area contributed by atoms with Gasteiger partial charge in [0.2, 0.25) is 0 Å². The van der Waals surface area contributed by atoms with Crippen molar-refractivity contribution in [1.82, 2.24) is 14.9 Å². The van der Waals surface area contributed by atoms with Crippen LogP contribution < -0.4 is 0 Å². The predicted octanol–water partition coefficient (Wildman–Crippen LogP) is 2.76. The van der Waals surface area contributed by atoms with Gasteiger partial charge < -0.3 is 14.8 Å². The fraction of sp³-hybridized carbons (Fsp3) is 0.312. The van der Waals surface area contributed by atoms with Gasteiger partial charge in [0.15, 0.2) is 0 Å². The van der Waals surface area contributed by atoms with Gasteiger partial charge in [-0.1, -0.05) is 30.3 Å². The molecule has 140 valence electrons. The van der Waals surface area contributed by atoms with Crippen LogP contribution >= 0.6 is 0 Å². The maximum absolute atomic E-state index is 11.9. The molecule has 1 aliphatic rings. The third-order valence-electron chi connectivity index (χ3n) is 3.69. The molecule has 1 aliphatic heterocycles. The van der Waals surface area contributed by atoms with Crippen LogP contribution in [0.15, 0.2) is 36.7 Å². The number of hydrogen-bond acceptors (Lipinski definition) is 4. The number of carbonyl (C=O) groups excluding carboxylic acids is 1. The standard InChI is InChI=1S/C14H15N3O2.C2HF3O2/c1-19-14(18)17-8-7-11-12(16-9-15-11)13(17)10-5-3-2-4-6-10;3-2(4,5)1(6)7/h2-6,9,13H,7-8H2,1H3,(H,15,16);(H,6,7). The maximum atomic E-state index is 11.9. The van der Waals surface area contributed by atoms with Crippen LogP contribution in [0.4, 0.5) is 18.0 Å². The molecule has 2 aromatic rings. The summed E-state index contributed by atoms with van der Waals surface area (Å²) in [6.07, 6.45) is -2.95. The molecule has 0 aliphatic carbocycles. The lowest BCUT2D eigenvalue weighted by atomic mass is 9.96. The minimum Gasteiger partial charge on any atom is -0.475 e. The lowest BCUT2D eigenvalue weighted by Gasteiger charge is -2.34. The van der Waals surface area contributed by atoms with Crippen molar-refractivity contribution in [3.8, 4) is 0 Å². The number of methoxy groups -OCH3 is 1. The average Bonchev–Trinajstić information content (AvgIpc) is 3.09. The molecule has 2 N–H and O–H groups in total. The van der Waals surface area contributed by atoms with Crippen molar-refractivity contribution in [3.05, 3.63) is 53.6 Å². The SMILES string of the molecule is COC(=O)N1CCc2[nH]cnc2C1c1ccccc1.O=C(O)C(F)(F)F. The fourth-order valence-electron chi connectivity index (χ4n) is 2.56. The molecule has 0 spiro atoms. The van der Waals surface area contributed by atoms with Crippen molar-refractivity contribution in [1.29, 1.82) is 0 Å². The number of hydrogen-bond donors (Lipinski definition) is 2. The third kappa shape index (κ3) is 4.32. The second-order valence-electron chi connectivity index (χ2n) is 5.30. The van der Waals surface area contributed by atoms with Crippen molar-refractivity contribution < 1.29 is 32.6 Å². The van der Waals surface area contributed by atoms with E-state index in [1.165, 1.54) is 7.11 Å². The number of fused-ring (bicyclic) bond motifs is 1. The average molecular weight is 371 g/mol. The number of imidazole rings is 1. The van der Waals surface area contributed by atoms with Crippen LogP contribution in [0.3, 0.4) is 0 Å². The summed E-state index contributed by atoms with van der Waals surface area (Å²) in [5.74, 6) is -2.76. The number of nitrogens with one attached hydrogen (secondary N) is 1. The van der Waals surface area contributed by atoms with E-state index in [4.69, 9.17) is 14.6 Å². The number of alkyl halides is 3. The molecule has 0 radical (unpaired) electrons. The van der Waals surface area contributed by atoms with Crippen LogP contribution in [0.5, 0.6) is 0 Å². The van der Waals surface area contributed by atoms with Gasteiger partial charge in [0.05, 0.1) is 19.1 Å². The van der Waals surface area contributed by atoms with Crippen LogP contribution in [0.25, 0.3) is 0 Å². The molecule has 1 unspecified atom stereocenters. The number of carboxylic acid groups (broad SMARTS) is 1. The monoisotopic (exact) mass is 371 g/mol. The Labute approximate surface area is 146 Å². The van der Waals surface area contributed by atoms with Crippen LogP contribution in [0.1, 0.15) is 23.0 Å². The molecule has 26 heavy (non-hydrogen) atoms. The van der Waals surface area contributed by atoms with Gasteiger partial charge in [-0.2, -0.15) is 13.2 Å². The highest BCUT2D eigenvalue weighted by molar-refractivity contribution is 5.73. The Hall–Kier alpha value is -3.04. The Morgan fingerprint density at radius 2 is 1.92 bits per heavy atom. The Morgan fingerprint density at radius 1 is 1.31 bits per heavy atom. The van der Waals surface area contributed by atoms with Crippen LogP contribution in [0.2, 0.25) is 0 Å². The van der Waals surface area contributed by atoms with E-state index in [0.29, 0.717) is 6.54 Å². The molecule has 3 rings (SSSR count). The van der Waals surface area contributed by atoms with Gasteiger partial charge in [-0.05, 0) is 5.56 Å². The second-order valence-corrected chi connectivity index (χ2v) is 5.30. The topological polar surface area (TPSA) is 95.5 Å². The fourth-order valence-corrected chi connectivity index (χ4v) is 2.56. The van der Waals surface area contributed by atoms with E-state index in [-0.39, 0.29) is 12.1 Å². The lowest BCUT2D eigenvalue weighted by molar-refractivity contribution is -0.192. The highest BCUT2D eigenvalue weighted by atomic mass is 19.4. The van der Waals surface area contributed by atoms with Crippen molar-refractivity contribution >= 4 is 12.1 Å². The quantitative estimate of drug-likeness (QED) is 0.804. The van der Waals surface area contributed by atoms with Gasteiger partial charge in [0.1, 0.15) is 6.04 Å². The van der Waals surface area contributed by atoms with Crippen molar-refractivity contribution in [2.24, 2.45) is 0 Å². The molecular formula is C16H16F3N3O4. The Morgan fingerprint density at radius 3 is 2.46 bits per heavy atom. The Balaban J connectivity index is 0.000000298. The largest absolute Gasteiger partial charge is 0.490 e. The van der Waals surface area contributed by atoms with Gasteiger partial charge in [0.25, 0.3) is 0 Å². The Bertz CT molecular complexity index is 762. The van der Waals surface area contributed by atoms with Gasteiger partial charge >= 0.3 is 18.2 Å². The minimum atomic E-state index is -5.08. The summed E-state index contributed by atoms with van der Waals surface area (Å²) < 4.78 is 36.6. The number of rotatable bonds is 1. The third-order valence-corrected chi connectivity index (χ3v) is 3.69. The summed E-state index contributed by atoms with van der Waals surface area (Å²) in [5.41, 5.74) is 3.04. The van der Waals surface area contributed by atoms with Crippen molar-refractivity contribution in [3.63, 3.8) is 0 Å². The number of aromatic amines is 1. The molecule has 0 fully saturated rings. The smallest absolute Gasteiger partial charge is 0.475 e. The normalized spacial score (nSPS) is 16.2. The number of halogens is 3. The van der Waals surface area contributed by atoms with Crippen LogP contribution in [-0.4, -0.2) is 51.9 Å². The van der Waals surface area contributed by atoms with E-state index < -0.39 is 12.1 Å². The number of amides is 1. The van der Waals surface area contributed by atoms with E-state index in [0.717, 1.165) is 23.4 Å². The maximum Gasteiger partial charge on any atom is 0.490 e. The summed E-state index contributed by atoms with van der Waals surface area (Å²) in [4.78, 5) is 30.1. The number of nitrogens with zero attached hydrogens (tertiary/aromatic N) is 2. The summed E-state index contributed by atoms with van der Waals surface area (Å²) in [6, 6.07) is 9.72. The van der Waals surface area contributed by atoms with Crippen molar-refractivity contribution in [2.45, 2.75) is 18.6 Å². The summed E-state index contributed by atoms with van der Waals surface area (Å²) in [7, 11) is 1.41. The molecule has 1 aromatic heterocycles. The molecule has 0 saturated carbocycles. The number of aliphatic carboxylic acids is 1. The first-order valence-corrected chi connectivity index (χ1v) is 7.47. The molecule has 10 heteroatoms. The molecule has 1 atom stereocenters. The van der Waals surface area contributed by atoms with Crippen LogP contribution in [-0.2, 0) is 16.0 Å². The molecule has 0 bridgehead atoms. The molecule has 7 nitrogen and oxygen atoms in total. The summed E-state index contributed by atoms with van der Waals surface area (Å²) in [5, 5.41) is 7.12. The van der Waals surface area contributed by atoms with Gasteiger partial charge in [-0.15, -0.1) is 0 Å². The zero-order chi connectivity index (χ0) is 19.3. The molecule has 2 heterocycles. The first-order chi connectivity index (χ1) is 12.3. The zero-order valence-electron chi connectivity index (χ0n) is 13.7. The molecule has 1 aromatic carbocycles. The number of aromatic nitrogens is 2. The van der Waals surface area contributed by atoms with E-state index in [1.807, 2.05) is 30.3 Å². The minimum absolute atomic E-state index is 0.177. The predicted molar refractivity (Wildman–Crippen MR) is 83.4 cm³/mol. The van der Waals surface area contributed by atoms with E-state index in [9.17, 15) is 18.0 Å². The van der Waals surface area contributed by atoms with Gasteiger partial charge in [0, 0.05) is 18.7 Å². The number of carbonyl (C=O) groups is 2. The number of benzene rings is 1. The van der Waals surface area contributed by atoms with Gasteiger partial charge in [-0.25, -0.2) is 14.6 Å². The Kier molecular flexibility index (Phi) is 5.86. The highest BCUT2D eigenvalue weighted by Gasteiger charge is 2.38. The number of ether oxygens (including phenoxy) is 1. The van der Waals surface area contributed by atoms with Crippen LogP contribution in [0, 0.1) is 0 Å². The lowest BCUT2D eigenvalue weighted by Crippen LogP contribution is -2.40. The molecule has 0 saturated heterocycles. The molecule has 1 amide bonds. The molecular weight excluding hydrogens is 355 g/mol.